The number of carbonyl (C=O) groups excluding carboxylic acids is 1. The summed E-state index contributed by atoms with van der Waals surface area (Å²) in [6.07, 6.45) is 1.86. The fourth-order valence-electron chi connectivity index (χ4n) is 3.82. The number of nitrogens with zero attached hydrogens (tertiary/aromatic N) is 2. The van der Waals surface area contributed by atoms with Gasteiger partial charge < -0.3 is 20.1 Å². The lowest BCUT2D eigenvalue weighted by molar-refractivity contribution is 0.00272. The van der Waals surface area contributed by atoms with E-state index in [1.165, 1.54) is 7.11 Å². The molecule has 1 aliphatic rings. The van der Waals surface area contributed by atoms with E-state index in [1.54, 1.807) is 7.05 Å². The summed E-state index contributed by atoms with van der Waals surface area (Å²) in [5, 5.41) is 9.54. The van der Waals surface area contributed by atoms with Crippen LogP contribution in [0.15, 0.2) is 29.3 Å². The number of carbonyl (C=O) groups is 1. The van der Waals surface area contributed by atoms with Gasteiger partial charge in [-0.1, -0.05) is 38.8 Å². The maximum atomic E-state index is 11.3. The normalized spacial score (nSPS) is 16.2. The SMILES string of the molecule is CCC(CC)C(CNC(=NC)NCc1ccc(NC(=O)OC)cc1)N1CCOCC1. The molecule has 1 aromatic rings. The van der Waals surface area contributed by atoms with E-state index in [0.29, 0.717) is 24.2 Å². The number of hydrogen-bond donors (Lipinski definition) is 3. The largest absolute Gasteiger partial charge is 0.453 e. The van der Waals surface area contributed by atoms with Gasteiger partial charge in [-0.25, -0.2) is 4.79 Å². The highest BCUT2D eigenvalue weighted by atomic mass is 16.5. The van der Waals surface area contributed by atoms with Crippen LogP contribution in [0.4, 0.5) is 10.5 Å². The van der Waals surface area contributed by atoms with Gasteiger partial charge in [0.15, 0.2) is 5.96 Å². The van der Waals surface area contributed by atoms with Gasteiger partial charge in [0.1, 0.15) is 0 Å². The van der Waals surface area contributed by atoms with Gasteiger partial charge >= 0.3 is 6.09 Å². The van der Waals surface area contributed by atoms with Crippen LogP contribution >= 0.6 is 0 Å². The van der Waals surface area contributed by atoms with Crippen molar-refractivity contribution in [1.29, 1.82) is 0 Å². The van der Waals surface area contributed by atoms with Gasteiger partial charge in [-0.05, 0) is 23.6 Å². The molecule has 1 heterocycles. The summed E-state index contributed by atoms with van der Waals surface area (Å²) in [6.45, 7) is 9.64. The van der Waals surface area contributed by atoms with Gasteiger partial charge in [0.05, 0.1) is 20.3 Å². The monoisotopic (exact) mass is 419 g/mol. The summed E-state index contributed by atoms with van der Waals surface area (Å²) in [7, 11) is 3.14. The van der Waals surface area contributed by atoms with Crippen molar-refractivity contribution in [3.05, 3.63) is 29.8 Å². The lowest BCUT2D eigenvalue weighted by atomic mass is 9.92. The summed E-state index contributed by atoms with van der Waals surface area (Å²) in [6, 6.07) is 8.10. The van der Waals surface area contributed by atoms with Gasteiger partial charge in [-0.15, -0.1) is 0 Å². The topological polar surface area (TPSA) is 87.2 Å². The number of benzene rings is 1. The molecule has 1 amide bonds. The second kappa shape index (κ2) is 13.1. The Balaban J connectivity index is 1.88. The van der Waals surface area contributed by atoms with Crippen molar-refractivity contribution >= 4 is 17.7 Å². The molecule has 0 saturated carbocycles. The average Bonchev–Trinajstić information content (AvgIpc) is 2.80. The number of amides is 1. The number of aliphatic imine (C=N–C) groups is 1. The zero-order chi connectivity index (χ0) is 21.8. The number of methoxy groups -OCH3 is 1. The molecule has 30 heavy (non-hydrogen) atoms. The van der Waals surface area contributed by atoms with Crippen LogP contribution < -0.4 is 16.0 Å². The number of guanidine groups is 1. The molecule has 3 N–H and O–H groups in total. The number of hydrogen-bond acceptors (Lipinski definition) is 5. The molecule has 0 bridgehead atoms. The standard InChI is InChI=1S/C22H37N5O3/c1-5-18(6-2)20(27-11-13-30-14-12-27)16-25-21(23-3)24-15-17-7-9-19(10-8-17)26-22(28)29-4/h7-10,18,20H,5-6,11-16H2,1-4H3,(H,26,28)(H2,23,24,25). The van der Waals surface area contributed by atoms with E-state index in [9.17, 15) is 4.79 Å². The van der Waals surface area contributed by atoms with Crippen molar-refractivity contribution in [3.63, 3.8) is 0 Å². The molecule has 0 radical (unpaired) electrons. The summed E-state index contributed by atoms with van der Waals surface area (Å²) >= 11 is 0. The predicted octanol–water partition coefficient (Wildman–Crippen LogP) is 2.67. The fourth-order valence-corrected chi connectivity index (χ4v) is 3.82. The van der Waals surface area contributed by atoms with Crippen molar-refractivity contribution in [2.75, 3.05) is 52.3 Å². The van der Waals surface area contributed by atoms with E-state index in [1.807, 2.05) is 24.3 Å². The summed E-state index contributed by atoms with van der Waals surface area (Å²) in [5.41, 5.74) is 1.80. The quantitative estimate of drug-likeness (QED) is 0.421. The van der Waals surface area contributed by atoms with Crippen LogP contribution in [-0.4, -0.2) is 70.0 Å². The molecule has 1 atom stereocenters. The van der Waals surface area contributed by atoms with Crippen LogP contribution in [0, 0.1) is 5.92 Å². The Bertz CT molecular complexity index is 655. The molecule has 0 aliphatic carbocycles. The second-order valence-electron chi connectivity index (χ2n) is 7.41. The molecular weight excluding hydrogens is 382 g/mol. The van der Waals surface area contributed by atoms with Crippen LogP contribution in [0.1, 0.15) is 32.3 Å². The Kier molecular flexibility index (Phi) is 10.4. The summed E-state index contributed by atoms with van der Waals surface area (Å²) in [4.78, 5) is 18.2. The van der Waals surface area contributed by atoms with E-state index in [-0.39, 0.29) is 0 Å². The molecule has 1 aliphatic heterocycles. The third-order valence-corrected chi connectivity index (χ3v) is 5.66. The molecule has 1 fully saturated rings. The number of nitrogens with one attached hydrogen (secondary N) is 3. The highest BCUT2D eigenvalue weighted by molar-refractivity contribution is 5.84. The first kappa shape index (κ1) is 24.0. The van der Waals surface area contributed by atoms with Crippen molar-refractivity contribution in [3.8, 4) is 0 Å². The molecule has 1 aromatic carbocycles. The lowest BCUT2D eigenvalue weighted by Gasteiger charge is -2.39. The fraction of sp³-hybridized carbons (Fsp3) is 0.636. The zero-order valence-corrected chi connectivity index (χ0v) is 18.7. The number of ether oxygens (including phenoxy) is 2. The second-order valence-corrected chi connectivity index (χ2v) is 7.41. The molecule has 168 valence electrons. The predicted molar refractivity (Wildman–Crippen MR) is 121 cm³/mol. The average molecular weight is 420 g/mol. The van der Waals surface area contributed by atoms with Gasteiger partial charge in [-0.3, -0.25) is 15.2 Å². The Morgan fingerprint density at radius 3 is 2.40 bits per heavy atom. The maximum absolute atomic E-state index is 11.3. The van der Waals surface area contributed by atoms with Gasteiger partial charge in [-0.2, -0.15) is 0 Å². The molecule has 1 saturated heterocycles. The number of anilines is 1. The molecule has 8 heteroatoms. The molecule has 0 spiro atoms. The van der Waals surface area contributed by atoms with Gasteiger partial charge in [0.2, 0.25) is 0 Å². The van der Waals surface area contributed by atoms with Crippen molar-refractivity contribution in [1.82, 2.24) is 15.5 Å². The molecular formula is C22H37N5O3. The Morgan fingerprint density at radius 1 is 1.17 bits per heavy atom. The first-order valence-electron chi connectivity index (χ1n) is 10.8. The smallest absolute Gasteiger partial charge is 0.411 e. The Hall–Kier alpha value is -2.32. The first-order chi connectivity index (χ1) is 14.6. The minimum absolute atomic E-state index is 0.464. The lowest BCUT2D eigenvalue weighted by Crippen LogP contribution is -2.53. The third-order valence-electron chi connectivity index (χ3n) is 5.66. The van der Waals surface area contributed by atoms with E-state index in [4.69, 9.17) is 4.74 Å². The van der Waals surface area contributed by atoms with Crippen molar-refractivity contribution in [2.45, 2.75) is 39.3 Å². The van der Waals surface area contributed by atoms with Crippen molar-refractivity contribution in [2.24, 2.45) is 10.9 Å². The molecule has 8 nitrogen and oxygen atoms in total. The van der Waals surface area contributed by atoms with Crippen LogP contribution in [0.25, 0.3) is 0 Å². The summed E-state index contributed by atoms with van der Waals surface area (Å²) in [5.74, 6) is 1.43. The van der Waals surface area contributed by atoms with Crippen molar-refractivity contribution < 1.29 is 14.3 Å². The minimum Gasteiger partial charge on any atom is -0.453 e. The number of morpholine rings is 1. The first-order valence-corrected chi connectivity index (χ1v) is 10.8. The van der Waals surface area contributed by atoms with E-state index >= 15 is 0 Å². The van der Waals surface area contributed by atoms with E-state index in [2.05, 4.69) is 44.4 Å². The number of rotatable bonds is 9. The Morgan fingerprint density at radius 2 is 1.83 bits per heavy atom. The minimum atomic E-state index is -0.474. The Labute approximate surface area is 180 Å². The zero-order valence-electron chi connectivity index (χ0n) is 18.7. The van der Waals surface area contributed by atoms with E-state index in [0.717, 1.165) is 57.2 Å². The summed E-state index contributed by atoms with van der Waals surface area (Å²) < 4.78 is 10.1. The van der Waals surface area contributed by atoms with Crippen LogP contribution in [0.3, 0.4) is 0 Å². The van der Waals surface area contributed by atoms with Crippen LogP contribution in [-0.2, 0) is 16.0 Å². The van der Waals surface area contributed by atoms with E-state index < -0.39 is 6.09 Å². The van der Waals surface area contributed by atoms with Gasteiger partial charge in [0.25, 0.3) is 0 Å². The highest BCUT2D eigenvalue weighted by Gasteiger charge is 2.26. The van der Waals surface area contributed by atoms with Crippen LogP contribution in [0.2, 0.25) is 0 Å². The molecule has 0 aromatic heterocycles. The highest BCUT2D eigenvalue weighted by Crippen LogP contribution is 2.19. The van der Waals surface area contributed by atoms with Gasteiger partial charge in [0, 0.05) is 45.0 Å². The molecule has 2 rings (SSSR count). The maximum Gasteiger partial charge on any atom is 0.411 e. The third kappa shape index (κ3) is 7.50. The molecule has 1 unspecified atom stereocenters. The van der Waals surface area contributed by atoms with Crippen LogP contribution in [0.5, 0.6) is 0 Å².